The molecule has 0 saturated heterocycles. The summed E-state index contributed by atoms with van der Waals surface area (Å²) in [6.45, 7) is 0. The van der Waals surface area contributed by atoms with Crippen LogP contribution in [0.25, 0.3) is 22.1 Å². The lowest BCUT2D eigenvalue weighted by atomic mass is 10.2. The van der Waals surface area contributed by atoms with Gasteiger partial charge in [-0.25, -0.2) is 15.0 Å². The number of hydrogen-bond donors (Lipinski definition) is 0. The Morgan fingerprint density at radius 1 is 0.824 bits per heavy atom. The fraction of sp³-hybridized carbons (Fsp3) is 0. The maximum atomic E-state index is 4.47. The van der Waals surface area contributed by atoms with E-state index in [4.69, 9.17) is 0 Å². The van der Waals surface area contributed by atoms with E-state index in [1.165, 1.54) is 0 Å². The highest BCUT2D eigenvalue weighted by Crippen LogP contribution is 2.22. The summed E-state index contributed by atoms with van der Waals surface area (Å²) in [5, 5.41) is 2.02. The molecule has 0 amide bonds. The van der Waals surface area contributed by atoms with Crippen molar-refractivity contribution in [3.05, 3.63) is 54.2 Å². The molecule has 0 unspecified atom stereocenters. The molecule has 0 aliphatic rings. The van der Waals surface area contributed by atoms with Crippen LogP contribution in [0.2, 0.25) is 0 Å². The summed E-state index contributed by atoms with van der Waals surface area (Å²) in [4.78, 5) is 13.9. The van der Waals surface area contributed by atoms with Crippen molar-refractivity contribution in [2.24, 2.45) is 0 Å². The molecule has 0 N–H and O–H groups in total. The number of thiophene rings is 1. The Morgan fingerprint density at radius 2 is 1.65 bits per heavy atom. The summed E-state index contributed by atoms with van der Waals surface area (Å²) < 4.78 is 0. The minimum Gasteiger partial charge on any atom is -0.217 e. The zero-order valence-electron chi connectivity index (χ0n) is 8.95. The van der Waals surface area contributed by atoms with E-state index >= 15 is 0 Å². The molecule has 4 heteroatoms. The molecular formula is C13H9N3S. The lowest BCUT2D eigenvalue weighted by Crippen LogP contribution is -1.93. The smallest absolute Gasteiger partial charge is 0.173 e. The lowest BCUT2D eigenvalue weighted by molar-refractivity contribution is 1.07. The summed E-state index contributed by atoms with van der Waals surface area (Å²) in [5.41, 5.74) is 1.01. The molecule has 0 saturated carbocycles. The Labute approximate surface area is 103 Å². The standard InChI is InChI=1S/C13H9N3S/c1-2-5-10(6-3-1)12-14-9-15-13(16-12)11-7-4-8-17-11/h1-9H. The second-order valence-corrected chi connectivity index (χ2v) is 4.42. The molecule has 3 aromatic rings. The highest BCUT2D eigenvalue weighted by Gasteiger charge is 2.05. The van der Waals surface area contributed by atoms with Crippen LogP contribution < -0.4 is 0 Å². The summed E-state index contributed by atoms with van der Waals surface area (Å²) in [7, 11) is 0. The van der Waals surface area contributed by atoms with Crippen molar-refractivity contribution < 1.29 is 0 Å². The van der Waals surface area contributed by atoms with Crippen LogP contribution in [-0.2, 0) is 0 Å². The summed E-state index contributed by atoms with van der Waals surface area (Å²) in [6.07, 6.45) is 1.56. The average Bonchev–Trinajstić information content (AvgIpc) is 2.94. The molecule has 0 bridgehead atoms. The molecule has 0 fully saturated rings. The normalized spacial score (nSPS) is 10.4. The summed E-state index contributed by atoms with van der Waals surface area (Å²) in [5.74, 6) is 1.44. The molecular weight excluding hydrogens is 230 g/mol. The second-order valence-electron chi connectivity index (χ2n) is 3.48. The second kappa shape index (κ2) is 4.43. The van der Waals surface area contributed by atoms with Crippen LogP contribution in [0.4, 0.5) is 0 Å². The van der Waals surface area contributed by atoms with Crippen molar-refractivity contribution in [3.63, 3.8) is 0 Å². The number of benzene rings is 1. The average molecular weight is 239 g/mol. The Hall–Kier alpha value is -2.07. The lowest BCUT2D eigenvalue weighted by Gasteiger charge is -2.00. The fourth-order valence-electron chi connectivity index (χ4n) is 1.55. The third-order valence-electron chi connectivity index (χ3n) is 2.35. The largest absolute Gasteiger partial charge is 0.217 e. The van der Waals surface area contributed by atoms with Gasteiger partial charge in [0.05, 0.1) is 4.88 Å². The van der Waals surface area contributed by atoms with Gasteiger partial charge >= 0.3 is 0 Å². The van der Waals surface area contributed by atoms with Crippen LogP contribution in [0.3, 0.4) is 0 Å². The van der Waals surface area contributed by atoms with E-state index in [0.717, 1.165) is 16.3 Å². The molecule has 0 atom stereocenters. The van der Waals surface area contributed by atoms with Crippen molar-refractivity contribution in [2.75, 3.05) is 0 Å². The van der Waals surface area contributed by atoms with Gasteiger partial charge in [-0.15, -0.1) is 11.3 Å². The molecule has 0 aliphatic carbocycles. The first-order valence-electron chi connectivity index (χ1n) is 5.22. The topological polar surface area (TPSA) is 38.7 Å². The molecule has 0 aliphatic heterocycles. The van der Waals surface area contributed by atoms with Gasteiger partial charge in [0.15, 0.2) is 11.6 Å². The molecule has 0 spiro atoms. The third-order valence-corrected chi connectivity index (χ3v) is 3.21. The number of rotatable bonds is 2. The van der Waals surface area contributed by atoms with Gasteiger partial charge < -0.3 is 0 Å². The molecule has 1 aromatic carbocycles. The van der Waals surface area contributed by atoms with Crippen LogP contribution in [0.1, 0.15) is 0 Å². The van der Waals surface area contributed by atoms with Gasteiger partial charge in [0.25, 0.3) is 0 Å². The fourth-order valence-corrected chi connectivity index (χ4v) is 2.21. The quantitative estimate of drug-likeness (QED) is 0.689. The van der Waals surface area contributed by atoms with Crippen LogP contribution in [0, 0.1) is 0 Å². The van der Waals surface area contributed by atoms with Crippen LogP contribution in [-0.4, -0.2) is 15.0 Å². The molecule has 3 nitrogen and oxygen atoms in total. The van der Waals surface area contributed by atoms with E-state index in [1.54, 1.807) is 17.7 Å². The van der Waals surface area contributed by atoms with Crippen molar-refractivity contribution in [3.8, 4) is 22.1 Å². The van der Waals surface area contributed by atoms with Gasteiger partial charge in [-0.05, 0) is 11.4 Å². The van der Waals surface area contributed by atoms with Crippen LogP contribution in [0.15, 0.2) is 54.2 Å². The first-order valence-corrected chi connectivity index (χ1v) is 6.10. The van der Waals surface area contributed by atoms with Crippen LogP contribution >= 0.6 is 11.3 Å². The van der Waals surface area contributed by atoms with Gasteiger partial charge in [-0.1, -0.05) is 36.4 Å². The summed E-state index contributed by atoms with van der Waals surface area (Å²) >= 11 is 1.63. The van der Waals surface area contributed by atoms with Crippen LogP contribution in [0.5, 0.6) is 0 Å². The molecule has 17 heavy (non-hydrogen) atoms. The maximum Gasteiger partial charge on any atom is 0.173 e. The monoisotopic (exact) mass is 239 g/mol. The Balaban J connectivity index is 2.06. The van der Waals surface area contributed by atoms with Crippen molar-refractivity contribution >= 4 is 11.3 Å². The van der Waals surface area contributed by atoms with Crippen molar-refractivity contribution in [1.82, 2.24) is 15.0 Å². The van der Waals surface area contributed by atoms with Gasteiger partial charge in [0.1, 0.15) is 6.33 Å². The predicted octanol–water partition coefficient (Wildman–Crippen LogP) is 3.27. The minimum absolute atomic E-state index is 0.712. The van der Waals surface area contributed by atoms with E-state index in [-0.39, 0.29) is 0 Å². The summed E-state index contributed by atoms with van der Waals surface area (Å²) in [6, 6.07) is 13.9. The van der Waals surface area contributed by atoms with E-state index in [2.05, 4.69) is 15.0 Å². The van der Waals surface area contributed by atoms with Gasteiger partial charge in [0.2, 0.25) is 0 Å². The Kier molecular flexibility index (Phi) is 2.63. The Morgan fingerprint density at radius 3 is 2.41 bits per heavy atom. The molecule has 3 rings (SSSR count). The number of hydrogen-bond acceptors (Lipinski definition) is 4. The predicted molar refractivity (Wildman–Crippen MR) is 68.6 cm³/mol. The number of aromatic nitrogens is 3. The maximum absolute atomic E-state index is 4.47. The SMILES string of the molecule is c1ccc(-c2ncnc(-c3cccs3)n2)cc1. The molecule has 82 valence electrons. The zero-order chi connectivity index (χ0) is 11.5. The number of nitrogens with zero attached hydrogens (tertiary/aromatic N) is 3. The third kappa shape index (κ3) is 2.07. The van der Waals surface area contributed by atoms with Gasteiger partial charge in [0, 0.05) is 5.56 Å². The van der Waals surface area contributed by atoms with Gasteiger partial charge in [-0.3, -0.25) is 0 Å². The van der Waals surface area contributed by atoms with E-state index in [1.807, 2.05) is 47.8 Å². The molecule has 0 radical (unpaired) electrons. The van der Waals surface area contributed by atoms with Crippen molar-refractivity contribution in [1.29, 1.82) is 0 Å². The molecule has 2 heterocycles. The minimum atomic E-state index is 0.712. The zero-order valence-corrected chi connectivity index (χ0v) is 9.76. The highest BCUT2D eigenvalue weighted by atomic mass is 32.1. The Bertz CT molecular complexity index is 606. The van der Waals surface area contributed by atoms with Crippen molar-refractivity contribution in [2.45, 2.75) is 0 Å². The van der Waals surface area contributed by atoms with E-state index < -0.39 is 0 Å². The van der Waals surface area contributed by atoms with E-state index in [9.17, 15) is 0 Å². The first-order chi connectivity index (χ1) is 8.43. The first kappa shape index (κ1) is 10.1. The molecule has 2 aromatic heterocycles. The van der Waals surface area contributed by atoms with Gasteiger partial charge in [-0.2, -0.15) is 0 Å². The highest BCUT2D eigenvalue weighted by molar-refractivity contribution is 7.13. The van der Waals surface area contributed by atoms with E-state index in [0.29, 0.717) is 5.82 Å².